The van der Waals surface area contributed by atoms with E-state index in [0.29, 0.717) is 0 Å². The average Bonchev–Trinajstić information content (AvgIpc) is 2.17. The maximum Gasteiger partial charge on any atom is 0.0788 e. The van der Waals surface area contributed by atoms with Crippen LogP contribution in [-0.2, 0) is 4.74 Å². The van der Waals surface area contributed by atoms with Crippen LogP contribution >= 0.6 is 0 Å². The first kappa shape index (κ1) is 5.03. The van der Waals surface area contributed by atoms with Crippen LogP contribution in [0.3, 0.4) is 0 Å². The minimum atomic E-state index is -1.78. The molecule has 0 spiro atoms. The molecule has 0 radical (unpaired) electrons. The van der Waals surface area contributed by atoms with E-state index in [-0.39, 0.29) is 6.10 Å². The van der Waals surface area contributed by atoms with E-state index < -0.39 is 12.4 Å². The first-order valence-corrected chi connectivity index (χ1v) is 2.19. The Kier molecular flexibility index (Phi) is 1.03. The van der Waals surface area contributed by atoms with E-state index >= 15 is 0 Å². The molecule has 0 N–H and O–H groups in total. The predicted molar refractivity (Wildman–Crippen MR) is 18.1 cm³/mol. The van der Waals surface area contributed by atoms with E-state index in [1.165, 1.54) is 0 Å². The van der Waals surface area contributed by atoms with E-state index in [4.69, 9.17) is 0 Å². The van der Waals surface area contributed by atoms with E-state index in [2.05, 4.69) is 4.74 Å². The summed E-state index contributed by atoms with van der Waals surface area (Å²) in [5.41, 5.74) is 0. The molecule has 7 heavy (non-hydrogen) atoms. The molecular formula is C4H6O3-2. The van der Waals surface area contributed by atoms with Gasteiger partial charge in [0.05, 0.1) is 12.2 Å². The molecule has 1 heterocycles. The lowest BCUT2D eigenvalue weighted by Gasteiger charge is -2.25. The largest absolute Gasteiger partial charge is 0.864 e. The molecule has 1 saturated heterocycles. The summed E-state index contributed by atoms with van der Waals surface area (Å²) in [6.07, 6.45) is -2.41. The van der Waals surface area contributed by atoms with Gasteiger partial charge in [-0.1, -0.05) is 0 Å². The Labute approximate surface area is 41.5 Å². The van der Waals surface area contributed by atoms with Gasteiger partial charge >= 0.3 is 0 Å². The molecule has 1 rings (SSSR count). The number of epoxide rings is 1. The third-order valence-corrected chi connectivity index (χ3v) is 1.03. The molecule has 0 aliphatic carbocycles. The molecule has 42 valence electrons. The lowest BCUT2D eigenvalue weighted by Crippen LogP contribution is -2.44. The Morgan fingerprint density at radius 3 is 2.00 bits per heavy atom. The van der Waals surface area contributed by atoms with E-state index in [9.17, 15) is 10.2 Å². The van der Waals surface area contributed by atoms with Gasteiger partial charge in [0.1, 0.15) is 0 Å². The Bertz CT molecular complexity index is 71.3. The van der Waals surface area contributed by atoms with Crippen molar-refractivity contribution in [3.05, 3.63) is 0 Å². The van der Waals surface area contributed by atoms with Crippen molar-refractivity contribution in [1.82, 2.24) is 0 Å². The molecule has 0 aromatic rings. The van der Waals surface area contributed by atoms with Crippen LogP contribution in [0, 0.1) is 0 Å². The lowest BCUT2D eigenvalue weighted by molar-refractivity contribution is -0.660. The van der Waals surface area contributed by atoms with Gasteiger partial charge in [0.15, 0.2) is 0 Å². The van der Waals surface area contributed by atoms with Crippen molar-refractivity contribution in [2.75, 3.05) is 0 Å². The Hall–Kier alpha value is -0.120. The maximum atomic E-state index is 9.82. The molecule has 0 aromatic heterocycles. The summed E-state index contributed by atoms with van der Waals surface area (Å²) in [5, 5.41) is 19.6. The molecule has 1 aliphatic rings. The highest BCUT2D eigenvalue weighted by Crippen LogP contribution is 2.20. The molecular weight excluding hydrogens is 96.0 g/mol. The highest BCUT2D eigenvalue weighted by atomic mass is 16.6. The average molecular weight is 102 g/mol. The van der Waals surface area contributed by atoms with Gasteiger partial charge in [-0.15, -0.1) is 0 Å². The van der Waals surface area contributed by atoms with Gasteiger partial charge in [-0.05, 0) is 6.92 Å². The fourth-order valence-corrected chi connectivity index (χ4v) is 0.488. The Balaban J connectivity index is 2.20. The summed E-state index contributed by atoms with van der Waals surface area (Å²) in [5.74, 6) is 0. The van der Waals surface area contributed by atoms with Gasteiger partial charge in [-0.3, -0.25) is 0 Å². The van der Waals surface area contributed by atoms with E-state index in [1.54, 1.807) is 6.92 Å². The molecule has 0 amide bonds. The summed E-state index contributed by atoms with van der Waals surface area (Å²) in [4.78, 5) is 0. The zero-order valence-corrected chi connectivity index (χ0v) is 3.96. The highest BCUT2D eigenvalue weighted by Gasteiger charge is 2.30. The second-order valence-electron chi connectivity index (χ2n) is 1.67. The second-order valence-corrected chi connectivity index (χ2v) is 1.67. The number of ether oxygens (including phenoxy) is 1. The van der Waals surface area contributed by atoms with Gasteiger partial charge < -0.3 is 14.9 Å². The second kappa shape index (κ2) is 1.43. The summed E-state index contributed by atoms with van der Waals surface area (Å²) < 4.78 is 4.55. The quantitative estimate of drug-likeness (QED) is 0.279. The van der Waals surface area contributed by atoms with E-state index in [1.807, 2.05) is 0 Å². The van der Waals surface area contributed by atoms with Gasteiger partial charge in [0.2, 0.25) is 0 Å². The smallest absolute Gasteiger partial charge is 0.0788 e. The zero-order chi connectivity index (χ0) is 5.44. The summed E-state index contributed by atoms with van der Waals surface area (Å²) in [6.45, 7) is 1.72. The van der Waals surface area contributed by atoms with Gasteiger partial charge in [-0.2, -0.15) is 6.29 Å². The van der Waals surface area contributed by atoms with Crippen molar-refractivity contribution >= 4 is 0 Å². The van der Waals surface area contributed by atoms with Crippen LogP contribution in [0.2, 0.25) is 0 Å². The molecule has 2 atom stereocenters. The summed E-state index contributed by atoms with van der Waals surface area (Å²) in [7, 11) is 0. The van der Waals surface area contributed by atoms with Gasteiger partial charge in [0, 0.05) is 0 Å². The molecule has 1 aliphatic heterocycles. The first-order chi connectivity index (χ1) is 3.22. The molecule has 3 heteroatoms. The maximum absolute atomic E-state index is 9.82. The van der Waals surface area contributed by atoms with Crippen molar-refractivity contribution in [3.8, 4) is 0 Å². The third kappa shape index (κ3) is 0.907. The van der Waals surface area contributed by atoms with Crippen LogP contribution in [0.1, 0.15) is 6.92 Å². The van der Waals surface area contributed by atoms with Gasteiger partial charge in [-0.25, -0.2) is 0 Å². The number of hydrogen-bond donors (Lipinski definition) is 0. The first-order valence-electron chi connectivity index (χ1n) is 2.19. The SMILES string of the molecule is CC1OC1C([O-])[O-]. The normalized spacial score (nSPS) is 39.4. The van der Waals surface area contributed by atoms with Crippen LogP contribution in [0.4, 0.5) is 0 Å². The van der Waals surface area contributed by atoms with E-state index in [0.717, 1.165) is 0 Å². The molecule has 3 nitrogen and oxygen atoms in total. The zero-order valence-electron chi connectivity index (χ0n) is 3.96. The highest BCUT2D eigenvalue weighted by molar-refractivity contribution is 4.80. The summed E-state index contributed by atoms with van der Waals surface area (Å²) in [6, 6.07) is 0. The number of rotatable bonds is 1. The van der Waals surface area contributed by atoms with Crippen LogP contribution in [0.15, 0.2) is 0 Å². The molecule has 0 bridgehead atoms. The topological polar surface area (TPSA) is 58.6 Å². The third-order valence-electron chi connectivity index (χ3n) is 1.03. The fourth-order valence-electron chi connectivity index (χ4n) is 0.488. The molecule has 0 aromatic carbocycles. The number of hydrogen-bond acceptors (Lipinski definition) is 3. The van der Waals surface area contributed by atoms with Crippen molar-refractivity contribution in [1.29, 1.82) is 0 Å². The Morgan fingerprint density at radius 2 is 2.00 bits per heavy atom. The van der Waals surface area contributed by atoms with Crippen LogP contribution in [0.25, 0.3) is 0 Å². The predicted octanol–water partition coefficient (Wildman–Crippen LogP) is -2.18. The standard InChI is InChI=1S/C4H6O3/c1-2-3(7-2)4(5)6/h2-4H,1H3/q-2. The minimum Gasteiger partial charge on any atom is -0.864 e. The summed E-state index contributed by atoms with van der Waals surface area (Å²) >= 11 is 0. The minimum absolute atomic E-state index is 0.0833. The van der Waals surface area contributed by atoms with Crippen molar-refractivity contribution < 1.29 is 14.9 Å². The Morgan fingerprint density at radius 1 is 1.57 bits per heavy atom. The fraction of sp³-hybridized carbons (Fsp3) is 1.00. The monoisotopic (exact) mass is 102 g/mol. The van der Waals surface area contributed by atoms with Crippen molar-refractivity contribution in [2.24, 2.45) is 0 Å². The van der Waals surface area contributed by atoms with Crippen molar-refractivity contribution in [2.45, 2.75) is 25.4 Å². The van der Waals surface area contributed by atoms with Gasteiger partial charge in [0.25, 0.3) is 0 Å². The van der Waals surface area contributed by atoms with Crippen LogP contribution in [0.5, 0.6) is 0 Å². The molecule has 2 unspecified atom stereocenters. The lowest BCUT2D eigenvalue weighted by atomic mass is 10.3. The van der Waals surface area contributed by atoms with Crippen LogP contribution in [-0.4, -0.2) is 18.5 Å². The molecule has 1 fully saturated rings. The molecule has 0 saturated carbocycles. The van der Waals surface area contributed by atoms with Crippen molar-refractivity contribution in [3.63, 3.8) is 0 Å². The van der Waals surface area contributed by atoms with Crippen LogP contribution < -0.4 is 10.2 Å².